The monoisotopic (exact) mass is 453 g/mol. The summed E-state index contributed by atoms with van der Waals surface area (Å²) in [5.41, 5.74) is 5.12. The van der Waals surface area contributed by atoms with Gasteiger partial charge < -0.3 is 19.9 Å². The van der Waals surface area contributed by atoms with Crippen LogP contribution in [0.1, 0.15) is 28.5 Å². The lowest BCUT2D eigenvalue weighted by Gasteiger charge is -2.17. The van der Waals surface area contributed by atoms with Crippen LogP contribution in [0.15, 0.2) is 72.8 Å². The summed E-state index contributed by atoms with van der Waals surface area (Å²) in [4.78, 5) is 24.0. The molecule has 166 valence electrons. The number of hydrogen-bond donors (Lipinski definition) is 2. The average molecular weight is 454 g/mol. The van der Waals surface area contributed by atoms with Gasteiger partial charge in [-0.05, 0) is 39.9 Å². The number of alkyl carbamates (subject to hydrolysis) is 1. The molecule has 2 N–H and O–H groups in total. The van der Waals surface area contributed by atoms with Crippen molar-refractivity contribution in [3.63, 3.8) is 0 Å². The molecule has 3 aromatic carbocycles. The topological polar surface area (TPSA) is 84.9 Å². The lowest BCUT2D eigenvalue weighted by Crippen LogP contribution is -2.32. The van der Waals surface area contributed by atoms with Gasteiger partial charge in [-0.3, -0.25) is 4.79 Å². The SMILES string of the molecule is COc1ccc([C@@H](CNC(=O)OCC2c3ccccc3-c3ccccc32)C(=O)O)cc1.Cl. The van der Waals surface area contributed by atoms with Gasteiger partial charge in [0.2, 0.25) is 0 Å². The summed E-state index contributed by atoms with van der Waals surface area (Å²) in [6, 6.07) is 22.9. The molecule has 0 saturated carbocycles. The largest absolute Gasteiger partial charge is 0.497 e. The van der Waals surface area contributed by atoms with E-state index >= 15 is 0 Å². The zero-order valence-corrected chi connectivity index (χ0v) is 18.3. The third-order valence-electron chi connectivity index (χ3n) is 5.61. The van der Waals surface area contributed by atoms with E-state index in [0.717, 1.165) is 22.3 Å². The van der Waals surface area contributed by atoms with Crippen molar-refractivity contribution in [2.24, 2.45) is 0 Å². The molecule has 1 aliphatic carbocycles. The number of hydrogen-bond acceptors (Lipinski definition) is 4. The fraction of sp³-hybridized carbons (Fsp3) is 0.200. The Bertz CT molecular complexity index is 1050. The number of aliphatic carboxylic acids is 1. The number of ether oxygens (including phenoxy) is 2. The minimum Gasteiger partial charge on any atom is -0.497 e. The zero-order valence-electron chi connectivity index (χ0n) is 17.5. The number of carbonyl (C=O) groups is 2. The molecule has 0 spiro atoms. The highest BCUT2D eigenvalue weighted by molar-refractivity contribution is 5.85. The van der Waals surface area contributed by atoms with Gasteiger partial charge >= 0.3 is 12.1 Å². The van der Waals surface area contributed by atoms with Crippen LogP contribution in [-0.2, 0) is 9.53 Å². The Morgan fingerprint density at radius 2 is 1.50 bits per heavy atom. The van der Waals surface area contributed by atoms with Crippen LogP contribution in [0, 0.1) is 0 Å². The van der Waals surface area contributed by atoms with Gasteiger partial charge in [-0.15, -0.1) is 12.4 Å². The first-order chi connectivity index (χ1) is 15.1. The molecule has 3 aromatic rings. The van der Waals surface area contributed by atoms with E-state index in [1.165, 1.54) is 0 Å². The molecule has 4 rings (SSSR count). The standard InChI is InChI=1S/C25H23NO5.ClH/c1-30-17-12-10-16(11-13-17)22(24(27)28)14-26-25(29)31-15-23-20-8-4-2-6-18(20)19-7-3-5-9-21(19)23;/h2-13,22-23H,14-15H2,1H3,(H,26,29)(H,27,28);1H/t22-;/m1./s1. The predicted octanol–water partition coefficient (Wildman–Crippen LogP) is 4.82. The second-order valence-corrected chi connectivity index (χ2v) is 7.37. The smallest absolute Gasteiger partial charge is 0.407 e. The molecule has 0 heterocycles. The number of carboxylic acids is 1. The van der Waals surface area contributed by atoms with Gasteiger partial charge in [-0.1, -0.05) is 60.7 Å². The number of amides is 1. The third kappa shape index (κ3) is 4.70. The van der Waals surface area contributed by atoms with E-state index in [1.807, 2.05) is 36.4 Å². The van der Waals surface area contributed by atoms with Gasteiger partial charge in [0.15, 0.2) is 0 Å². The lowest BCUT2D eigenvalue weighted by atomic mass is 9.98. The molecule has 0 bridgehead atoms. The van der Waals surface area contributed by atoms with Crippen molar-refractivity contribution in [2.75, 3.05) is 20.3 Å². The summed E-state index contributed by atoms with van der Waals surface area (Å²) in [5, 5.41) is 12.2. The molecular formula is C25H24ClNO5. The molecule has 7 heteroatoms. The Hall–Kier alpha value is -3.51. The van der Waals surface area contributed by atoms with E-state index in [-0.39, 0.29) is 31.5 Å². The van der Waals surface area contributed by atoms with E-state index in [4.69, 9.17) is 9.47 Å². The maximum Gasteiger partial charge on any atom is 0.407 e. The summed E-state index contributed by atoms with van der Waals surface area (Å²) in [7, 11) is 1.54. The van der Waals surface area contributed by atoms with E-state index < -0.39 is 18.0 Å². The average Bonchev–Trinajstić information content (AvgIpc) is 3.12. The number of carbonyl (C=O) groups excluding carboxylic acids is 1. The molecule has 1 amide bonds. The molecule has 0 fully saturated rings. The molecule has 0 saturated heterocycles. The maximum absolute atomic E-state index is 12.3. The van der Waals surface area contributed by atoms with Crippen molar-refractivity contribution in [1.82, 2.24) is 5.32 Å². The Balaban J connectivity index is 0.00000289. The van der Waals surface area contributed by atoms with Crippen molar-refractivity contribution in [3.8, 4) is 16.9 Å². The normalized spacial score (nSPS) is 12.7. The van der Waals surface area contributed by atoms with Crippen LogP contribution in [0.3, 0.4) is 0 Å². The van der Waals surface area contributed by atoms with Gasteiger partial charge in [0.1, 0.15) is 12.4 Å². The predicted molar refractivity (Wildman–Crippen MR) is 124 cm³/mol. The number of nitrogens with one attached hydrogen (secondary N) is 1. The van der Waals surface area contributed by atoms with Crippen LogP contribution >= 0.6 is 12.4 Å². The lowest BCUT2D eigenvalue weighted by molar-refractivity contribution is -0.138. The summed E-state index contributed by atoms with van der Waals surface area (Å²) >= 11 is 0. The number of carboxylic acid groups (broad SMARTS) is 1. The molecule has 6 nitrogen and oxygen atoms in total. The minimum atomic E-state index is -1.02. The number of halogens is 1. The van der Waals surface area contributed by atoms with Crippen molar-refractivity contribution >= 4 is 24.5 Å². The molecular weight excluding hydrogens is 430 g/mol. The molecule has 1 atom stereocenters. The number of rotatable bonds is 7. The van der Waals surface area contributed by atoms with Gasteiger partial charge in [0.25, 0.3) is 0 Å². The van der Waals surface area contributed by atoms with Gasteiger partial charge in [0.05, 0.1) is 13.0 Å². The van der Waals surface area contributed by atoms with Crippen LogP contribution < -0.4 is 10.1 Å². The van der Waals surface area contributed by atoms with Crippen molar-refractivity contribution < 1.29 is 24.2 Å². The summed E-state index contributed by atoms with van der Waals surface area (Å²) in [6.07, 6.45) is -0.637. The Labute approximate surface area is 192 Å². The first kappa shape index (κ1) is 23.2. The highest BCUT2D eigenvalue weighted by atomic mass is 35.5. The first-order valence-corrected chi connectivity index (χ1v) is 10.0. The van der Waals surface area contributed by atoms with E-state index in [2.05, 4.69) is 17.4 Å². The maximum atomic E-state index is 12.3. The zero-order chi connectivity index (χ0) is 21.8. The summed E-state index contributed by atoms with van der Waals surface area (Å²) in [5.74, 6) is -1.32. The molecule has 0 radical (unpaired) electrons. The third-order valence-corrected chi connectivity index (χ3v) is 5.61. The highest BCUT2D eigenvalue weighted by Gasteiger charge is 2.29. The molecule has 32 heavy (non-hydrogen) atoms. The van der Waals surface area contributed by atoms with E-state index in [0.29, 0.717) is 11.3 Å². The quantitative estimate of drug-likeness (QED) is 0.535. The fourth-order valence-electron chi connectivity index (χ4n) is 4.02. The van der Waals surface area contributed by atoms with Gasteiger partial charge in [-0.2, -0.15) is 0 Å². The molecule has 0 unspecified atom stereocenters. The summed E-state index contributed by atoms with van der Waals surface area (Å²) < 4.78 is 10.6. The number of methoxy groups -OCH3 is 1. The Kier molecular flexibility index (Phi) is 7.38. The number of benzene rings is 3. The summed E-state index contributed by atoms with van der Waals surface area (Å²) in [6.45, 7) is 0.110. The Morgan fingerprint density at radius 3 is 2.03 bits per heavy atom. The van der Waals surface area contributed by atoms with E-state index in [9.17, 15) is 14.7 Å². The Morgan fingerprint density at radius 1 is 0.938 bits per heavy atom. The highest BCUT2D eigenvalue weighted by Crippen LogP contribution is 2.44. The van der Waals surface area contributed by atoms with Crippen LogP contribution in [-0.4, -0.2) is 37.4 Å². The second kappa shape index (κ2) is 10.2. The number of fused-ring (bicyclic) bond motifs is 3. The van der Waals surface area contributed by atoms with Gasteiger partial charge in [-0.25, -0.2) is 4.79 Å². The molecule has 1 aliphatic rings. The van der Waals surface area contributed by atoms with Crippen molar-refractivity contribution in [1.29, 1.82) is 0 Å². The van der Waals surface area contributed by atoms with Crippen LogP contribution in [0.4, 0.5) is 4.79 Å². The molecule has 0 aliphatic heterocycles. The minimum absolute atomic E-state index is 0. The van der Waals surface area contributed by atoms with Crippen molar-refractivity contribution in [2.45, 2.75) is 11.8 Å². The first-order valence-electron chi connectivity index (χ1n) is 10.0. The van der Waals surface area contributed by atoms with Crippen LogP contribution in [0.5, 0.6) is 5.75 Å². The van der Waals surface area contributed by atoms with Crippen LogP contribution in [0.2, 0.25) is 0 Å². The molecule has 0 aromatic heterocycles. The van der Waals surface area contributed by atoms with Crippen molar-refractivity contribution in [3.05, 3.63) is 89.5 Å². The second-order valence-electron chi connectivity index (χ2n) is 7.37. The van der Waals surface area contributed by atoms with Gasteiger partial charge in [0, 0.05) is 12.5 Å². The van der Waals surface area contributed by atoms with Crippen LogP contribution in [0.25, 0.3) is 11.1 Å². The fourth-order valence-corrected chi connectivity index (χ4v) is 4.02. The van der Waals surface area contributed by atoms with E-state index in [1.54, 1.807) is 31.4 Å².